The van der Waals surface area contributed by atoms with Crippen molar-refractivity contribution in [3.8, 4) is 0 Å². The van der Waals surface area contributed by atoms with Crippen LogP contribution < -0.4 is 0 Å². The van der Waals surface area contributed by atoms with E-state index in [0.29, 0.717) is 0 Å². The van der Waals surface area contributed by atoms with Crippen molar-refractivity contribution in [2.45, 2.75) is 11.2 Å². The first-order valence-electron chi connectivity index (χ1n) is 12.4. The van der Waals surface area contributed by atoms with E-state index in [1.807, 2.05) is 0 Å². The average Bonchev–Trinajstić information content (AvgIpc) is 2.98. The van der Waals surface area contributed by atoms with Crippen molar-refractivity contribution in [3.63, 3.8) is 0 Å². The van der Waals surface area contributed by atoms with E-state index in [-0.39, 0.29) is 0 Å². The predicted molar refractivity (Wildman–Crippen MR) is 192 cm³/mol. The van der Waals surface area contributed by atoms with E-state index < -0.39 is 4.30 Å². The molecule has 0 saturated carbocycles. The number of rotatable bonds is 0. The summed E-state index contributed by atoms with van der Waals surface area (Å²) in [6, 6.07) is 39.5. The lowest BCUT2D eigenvalue weighted by molar-refractivity contribution is 1.55. The number of halogens is 6. The monoisotopic (exact) mass is 772 g/mol. The van der Waals surface area contributed by atoms with Gasteiger partial charge in [0.25, 0.3) is 0 Å². The van der Waals surface area contributed by atoms with Crippen molar-refractivity contribution in [1.82, 2.24) is 0 Å². The molecule has 0 amide bonds. The molecule has 0 atom stereocenters. The molecule has 200 valence electrons. The molecule has 6 heteroatoms. The minimum absolute atomic E-state index is 0.750. The topological polar surface area (TPSA) is 0 Å². The van der Waals surface area contributed by atoms with Gasteiger partial charge in [0.1, 0.15) is 0 Å². The largest absolute Gasteiger partial charge is 0.180 e. The Morgan fingerprint density at radius 2 is 0.775 bits per heavy atom. The van der Waals surface area contributed by atoms with E-state index in [1.165, 1.54) is 74.7 Å². The molecule has 8 rings (SSSR count). The fourth-order valence-electron chi connectivity index (χ4n) is 5.58. The first kappa shape index (κ1) is 29.6. The molecule has 8 aromatic carbocycles. The maximum Gasteiger partial charge on any atom is 0.180 e. The third-order valence-electron chi connectivity index (χ3n) is 7.22. The molecule has 0 fully saturated rings. The van der Waals surface area contributed by atoms with Gasteiger partial charge in [-0.1, -0.05) is 154 Å². The summed E-state index contributed by atoms with van der Waals surface area (Å²) in [4.78, 5) is 0. The van der Waals surface area contributed by atoms with Gasteiger partial charge in [-0.25, -0.2) is 0 Å². The van der Waals surface area contributed by atoms with E-state index in [1.54, 1.807) is 0 Å². The van der Waals surface area contributed by atoms with Gasteiger partial charge in [0.2, 0.25) is 0 Å². The number of aryl methyl sites for hydroxylation is 1. The van der Waals surface area contributed by atoms with Gasteiger partial charge in [0, 0.05) is 32.7 Å². The fourth-order valence-corrected chi connectivity index (χ4v) is 6.04. The van der Waals surface area contributed by atoms with Crippen LogP contribution in [0.1, 0.15) is 5.56 Å². The van der Waals surface area contributed by atoms with E-state index in [4.69, 9.17) is 34.8 Å². The van der Waals surface area contributed by atoms with Gasteiger partial charge in [-0.15, -0.1) is 0 Å². The molecule has 0 unspecified atom stereocenters. The normalized spacial score (nSPS) is 11.1. The van der Waals surface area contributed by atoms with Crippen LogP contribution in [-0.4, -0.2) is 4.30 Å². The molecular weight excluding hydrogens is 754 g/mol. The van der Waals surface area contributed by atoms with Crippen LogP contribution in [0, 0.1) is 6.92 Å². The highest BCUT2D eigenvalue weighted by molar-refractivity contribution is 9.93. The predicted octanol–water partition coefficient (Wildman–Crippen LogP) is 13.9. The standard InChI is InChI=1S/C17H11Br.C16H10.CHCl3.Br2/c1-10-2-3-11-5-8-14-15(18)9-6-12-4-7-13(10)16(11)17(12)14;1-3-11-7-9-13-5-2-6-14-10-8-12(4-1)15(11)16(13)14;2-1(3)4;1-2/h2-9H,1H3;1-10H;1H;. The van der Waals surface area contributed by atoms with Crippen molar-refractivity contribution >= 4 is 144 Å². The van der Waals surface area contributed by atoms with Crippen molar-refractivity contribution in [2.75, 3.05) is 0 Å². The molecule has 0 bridgehead atoms. The van der Waals surface area contributed by atoms with Crippen LogP contribution in [0.2, 0.25) is 0 Å². The molecule has 0 aliphatic heterocycles. The third kappa shape index (κ3) is 5.75. The van der Waals surface area contributed by atoms with Gasteiger partial charge in [-0.2, -0.15) is 0 Å². The number of alkyl halides is 3. The highest BCUT2D eigenvalue weighted by Crippen LogP contribution is 2.38. The molecule has 0 aliphatic rings. The van der Waals surface area contributed by atoms with Crippen LogP contribution in [-0.2, 0) is 0 Å². The summed E-state index contributed by atoms with van der Waals surface area (Å²) in [5.41, 5.74) is 1.34. The zero-order chi connectivity index (χ0) is 28.4. The molecule has 0 nitrogen and oxygen atoms in total. The summed E-state index contributed by atoms with van der Waals surface area (Å²) in [6.07, 6.45) is 0. The molecule has 40 heavy (non-hydrogen) atoms. The SMILES string of the molecule is BrBr.Cc1ccc2ccc3c(Br)ccc4ccc1c2c43.ClC(Cl)Cl.c1cc2ccc3cccc4ccc(c1)c2c34. The molecule has 0 saturated heterocycles. The van der Waals surface area contributed by atoms with Crippen molar-refractivity contribution in [3.05, 3.63) is 119 Å². The lowest BCUT2D eigenvalue weighted by Crippen LogP contribution is -1.86. The summed E-state index contributed by atoms with van der Waals surface area (Å²) >= 11 is 23.6. The molecule has 8 aromatic rings. The quantitative estimate of drug-likeness (QED) is 0.106. The minimum atomic E-state index is -0.750. The molecule has 0 radical (unpaired) electrons. The summed E-state index contributed by atoms with van der Waals surface area (Å²) in [6.45, 7) is 2.18. The van der Waals surface area contributed by atoms with Crippen molar-refractivity contribution < 1.29 is 0 Å². The Kier molecular flexibility index (Phi) is 9.62. The van der Waals surface area contributed by atoms with Gasteiger partial charge in [0.15, 0.2) is 4.30 Å². The Morgan fingerprint density at radius 3 is 1.25 bits per heavy atom. The first-order valence-corrected chi connectivity index (χ1v) is 18.3. The highest BCUT2D eigenvalue weighted by atomic mass is 80.9. The van der Waals surface area contributed by atoms with Crippen molar-refractivity contribution in [2.24, 2.45) is 0 Å². The van der Waals surface area contributed by atoms with Crippen LogP contribution in [0.4, 0.5) is 0 Å². The van der Waals surface area contributed by atoms with Crippen LogP contribution in [0.5, 0.6) is 0 Å². The molecule has 0 aromatic heterocycles. The van der Waals surface area contributed by atoms with Crippen LogP contribution in [0.15, 0.2) is 114 Å². The molecule has 0 N–H and O–H groups in total. The molecule has 0 aliphatic carbocycles. The van der Waals surface area contributed by atoms with Gasteiger partial charge < -0.3 is 0 Å². The van der Waals surface area contributed by atoms with Crippen LogP contribution in [0.25, 0.3) is 64.6 Å². The van der Waals surface area contributed by atoms with Gasteiger partial charge in [-0.05, 0) is 83.2 Å². The lowest BCUT2D eigenvalue weighted by atomic mass is 9.92. The van der Waals surface area contributed by atoms with Crippen LogP contribution in [0.3, 0.4) is 0 Å². The number of benzene rings is 8. The fraction of sp³-hybridized carbons (Fsp3) is 0.0588. The van der Waals surface area contributed by atoms with Crippen molar-refractivity contribution in [1.29, 1.82) is 0 Å². The average molecular weight is 777 g/mol. The second kappa shape index (κ2) is 13.0. The molecule has 0 spiro atoms. The Labute approximate surface area is 271 Å². The van der Waals surface area contributed by atoms with E-state index in [9.17, 15) is 0 Å². The second-order valence-corrected chi connectivity index (χ2v) is 12.2. The number of hydrogen-bond acceptors (Lipinski definition) is 0. The Balaban J connectivity index is 0.000000136. The van der Waals surface area contributed by atoms with E-state index in [0.717, 1.165) is 0 Å². The summed E-state index contributed by atoms with van der Waals surface area (Å²) in [5.74, 6) is 0. The van der Waals surface area contributed by atoms with Crippen LogP contribution >= 0.6 is 79.0 Å². The summed E-state index contributed by atoms with van der Waals surface area (Å²) < 4.78 is 0.422. The van der Waals surface area contributed by atoms with E-state index in [2.05, 4.69) is 160 Å². The van der Waals surface area contributed by atoms with Gasteiger partial charge in [0.05, 0.1) is 0 Å². The van der Waals surface area contributed by atoms with Gasteiger partial charge >= 0.3 is 0 Å². The van der Waals surface area contributed by atoms with E-state index >= 15 is 0 Å². The Hall–Kier alpha value is -1.85. The third-order valence-corrected chi connectivity index (χ3v) is 7.91. The summed E-state index contributed by atoms with van der Waals surface area (Å²) in [5, 5.41) is 16.2. The summed E-state index contributed by atoms with van der Waals surface area (Å²) in [7, 11) is 0. The Bertz CT molecular complexity index is 1850. The zero-order valence-electron chi connectivity index (χ0n) is 21.2. The minimum Gasteiger partial charge on any atom is -0.0874 e. The highest BCUT2D eigenvalue weighted by Gasteiger charge is 2.10. The molecular formula is C34H22Br3Cl3. The lowest BCUT2D eigenvalue weighted by Gasteiger charge is -2.13. The number of hydrogen-bond donors (Lipinski definition) is 0. The zero-order valence-corrected chi connectivity index (χ0v) is 28.3. The first-order chi connectivity index (χ1) is 19.4. The maximum absolute atomic E-state index is 4.81. The Morgan fingerprint density at radius 1 is 0.450 bits per heavy atom. The smallest absolute Gasteiger partial charge is 0.0874 e. The maximum atomic E-state index is 4.81. The molecule has 0 heterocycles. The van der Waals surface area contributed by atoms with Gasteiger partial charge in [-0.3, -0.25) is 0 Å². The second-order valence-electron chi connectivity index (χ2n) is 9.39.